The summed E-state index contributed by atoms with van der Waals surface area (Å²) in [4.78, 5) is 11.4. The molecule has 0 radical (unpaired) electrons. The van der Waals surface area contributed by atoms with E-state index in [2.05, 4.69) is 6.58 Å². The molecule has 0 aromatic rings. The predicted molar refractivity (Wildman–Crippen MR) is 72.4 cm³/mol. The maximum atomic E-state index is 11.4. The topological polar surface area (TPSA) is 46.5 Å². The molecule has 4 bridgehead atoms. The number of hydrogen-bond acceptors (Lipinski definition) is 3. The number of carbonyl (C=O) groups excluding carboxylic acids is 1. The number of carbonyl (C=O) groups is 1. The molecule has 1 unspecified atom stereocenters. The van der Waals surface area contributed by atoms with Crippen molar-refractivity contribution in [3.05, 3.63) is 12.2 Å². The minimum Gasteiger partial charge on any atom is -0.460 e. The highest BCUT2D eigenvalue weighted by atomic mass is 16.5. The molecule has 0 aromatic carbocycles. The first-order valence-corrected chi connectivity index (χ1v) is 7.49. The molecule has 3 nitrogen and oxygen atoms in total. The van der Waals surface area contributed by atoms with Crippen LogP contribution in [0.4, 0.5) is 0 Å². The van der Waals surface area contributed by atoms with Gasteiger partial charge in [-0.1, -0.05) is 6.58 Å². The SMILES string of the molecule is C=C(C)C(=O)OCC(O)C12CC3CC(CC(C3)C1)C2. The monoisotopic (exact) mass is 264 g/mol. The van der Waals surface area contributed by atoms with E-state index in [1.807, 2.05) is 0 Å². The van der Waals surface area contributed by atoms with E-state index in [4.69, 9.17) is 4.74 Å². The van der Waals surface area contributed by atoms with Crippen molar-refractivity contribution in [2.45, 2.75) is 51.6 Å². The molecule has 106 valence electrons. The minimum absolute atomic E-state index is 0.0318. The zero-order valence-electron chi connectivity index (χ0n) is 11.7. The van der Waals surface area contributed by atoms with Gasteiger partial charge in [-0.05, 0) is 63.2 Å². The van der Waals surface area contributed by atoms with Crippen molar-refractivity contribution < 1.29 is 14.6 Å². The molecule has 3 heteroatoms. The molecule has 0 spiro atoms. The normalized spacial score (nSPS) is 41.1. The standard InChI is InChI=1S/C16H24O3/c1-10(2)15(18)19-9-14(17)16-6-11-3-12(7-16)5-13(4-11)8-16/h11-14,17H,1,3-9H2,2H3. The fraction of sp³-hybridized carbons (Fsp3) is 0.812. The summed E-state index contributed by atoms with van der Waals surface area (Å²) in [5, 5.41) is 10.5. The summed E-state index contributed by atoms with van der Waals surface area (Å²) in [7, 11) is 0. The van der Waals surface area contributed by atoms with E-state index in [-0.39, 0.29) is 18.0 Å². The highest BCUT2D eigenvalue weighted by Crippen LogP contribution is 2.61. The van der Waals surface area contributed by atoms with Gasteiger partial charge in [0.15, 0.2) is 0 Å². The number of rotatable bonds is 4. The molecule has 1 atom stereocenters. The van der Waals surface area contributed by atoms with E-state index in [1.165, 1.54) is 19.3 Å². The third-order valence-electron chi connectivity index (χ3n) is 5.51. The lowest BCUT2D eigenvalue weighted by Gasteiger charge is -2.58. The van der Waals surface area contributed by atoms with Crippen molar-refractivity contribution in [1.29, 1.82) is 0 Å². The van der Waals surface area contributed by atoms with Gasteiger partial charge in [-0.15, -0.1) is 0 Å². The molecule has 0 aromatic heterocycles. The van der Waals surface area contributed by atoms with Gasteiger partial charge in [0, 0.05) is 11.0 Å². The number of aliphatic hydroxyl groups excluding tert-OH is 1. The average Bonchev–Trinajstić information content (AvgIpc) is 2.33. The van der Waals surface area contributed by atoms with Crippen molar-refractivity contribution in [3.63, 3.8) is 0 Å². The minimum atomic E-state index is -0.496. The first-order chi connectivity index (χ1) is 8.98. The smallest absolute Gasteiger partial charge is 0.333 e. The van der Waals surface area contributed by atoms with E-state index in [0.29, 0.717) is 5.57 Å². The number of aliphatic hydroxyl groups is 1. The van der Waals surface area contributed by atoms with Gasteiger partial charge in [0.25, 0.3) is 0 Å². The van der Waals surface area contributed by atoms with E-state index in [9.17, 15) is 9.90 Å². The Morgan fingerprint density at radius 2 is 1.74 bits per heavy atom. The van der Waals surface area contributed by atoms with Crippen LogP contribution in [0.5, 0.6) is 0 Å². The summed E-state index contributed by atoms with van der Waals surface area (Å²) in [5.74, 6) is 2.03. The summed E-state index contributed by atoms with van der Waals surface area (Å²) in [6.07, 6.45) is 6.97. The fourth-order valence-corrected chi connectivity index (χ4v) is 5.04. The van der Waals surface area contributed by atoms with Gasteiger partial charge in [-0.3, -0.25) is 0 Å². The summed E-state index contributed by atoms with van der Waals surface area (Å²) in [6, 6.07) is 0. The molecule has 4 saturated carbocycles. The van der Waals surface area contributed by atoms with Crippen LogP contribution in [-0.4, -0.2) is 23.8 Å². The molecule has 4 aliphatic carbocycles. The Labute approximate surface area is 115 Å². The highest BCUT2D eigenvalue weighted by molar-refractivity contribution is 5.86. The highest BCUT2D eigenvalue weighted by Gasteiger charge is 2.54. The van der Waals surface area contributed by atoms with Gasteiger partial charge in [0.05, 0.1) is 6.10 Å². The van der Waals surface area contributed by atoms with E-state index in [1.54, 1.807) is 6.92 Å². The molecule has 4 aliphatic rings. The zero-order chi connectivity index (χ0) is 13.6. The second kappa shape index (κ2) is 4.62. The molecule has 4 rings (SSSR count). The van der Waals surface area contributed by atoms with Crippen LogP contribution in [0.2, 0.25) is 0 Å². The van der Waals surface area contributed by atoms with Crippen LogP contribution in [0.15, 0.2) is 12.2 Å². The fourth-order valence-electron chi connectivity index (χ4n) is 5.04. The van der Waals surface area contributed by atoms with Crippen LogP contribution >= 0.6 is 0 Å². The summed E-state index contributed by atoms with van der Waals surface area (Å²) >= 11 is 0. The maximum absolute atomic E-state index is 11.4. The summed E-state index contributed by atoms with van der Waals surface area (Å²) in [6.45, 7) is 5.34. The molecular weight excluding hydrogens is 240 g/mol. The first kappa shape index (κ1) is 13.2. The molecule has 4 fully saturated rings. The third-order valence-corrected chi connectivity index (χ3v) is 5.51. The van der Waals surface area contributed by atoms with Gasteiger partial charge < -0.3 is 9.84 Å². The Bertz CT molecular complexity index is 364. The van der Waals surface area contributed by atoms with Crippen LogP contribution in [0.3, 0.4) is 0 Å². The van der Waals surface area contributed by atoms with Crippen molar-refractivity contribution >= 4 is 5.97 Å². The maximum Gasteiger partial charge on any atom is 0.333 e. The molecule has 0 amide bonds. The number of esters is 1. The van der Waals surface area contributed by atoms with Crippen LogP contribution in [0.25, 0.3) is 0 Å². The van der Waals surface area contributed by atoms with Crippen LogP contribution in [0.1, 0.15) is 45.4 Å². The Hall–Kier alpha value is -0.830. The third kappa shape index (κ3) is 2.33. The van der Waals surface area contributed by atoms with Crippen molar-refractivity contribution in [2.75, 3.05) is 6.61 Å². The Morgan fingerprint density at radius 1 is 1.26 bits per heavy atom. The molecule has 0 heterocycles. The van der Waals surface area contributed by atoms with Crippen molar-refractivity contribution in [3.8, 4) is 0 Å². The second-order valence-corrected chi connectivity index (χ2v) is 7.17. The number of ether oxygens (including phenoxy) is 1. The summed E-state index contributed by atoms with van der Waals surface area (Å²) < 4.78 is 5.17. The first-order valence-electron chi connectivity index (χ1n) is 7.49. The van der Waals surface area contributed by atoms with Crippen LogP contribution in [-0.2, 0) is 9.53 Å². The molecular formula is C16H24O3. The molecule has 19 heavy (non-hydrogen) atoms. The quantitative estimate of drug-likeness (QED) is 0.627. The van der Waals surface area contributed by atoms with Crippen LogP contribution < -0.4 is 0 Å². The molecule has 0 saturated heterocycles. The van der Waals surface area contributed by atoms with Gasteiger partial charge >= 0.3 is 5.97 Å². The van der Waals surface area contributed by atoms with E-state index < -0.39 is 6.10 Å². The van der Waals surface area contributed by atoms with Crippen LogP contribution in [0, 0.1) is 23.2 Å². The predicted octanol–water partition coefficient (Wildman–Crippen LogP) is 2.68. The van der Waals surface area contributed by atoms with E-state index >= 15 is 0 Å². The van der Waals surface area contributed by atoms with Gasteiger partial charge in [0.1, 0.15) is 6.61 Å². The van der Waals surface area contributed by atoms with Crippen molar-refractivity contribution in [1.82, 2.24) is 0 Å². The lowest BCUT2D eigenvalue weighted by molar-refractivity contribution is -0.158. The Kier molecular flexibility index (Phi) is 3.20. The lowest BCUT2D eigenvalue weighted by Crippen LogP contribution is -2.53. The Balaban J connectivity index is 1.64. The largest absolute Gasteiger partial charge is 0.460 e. The molecule has 0 aliphatic heterocycles. The van der Waals surface area contributed by atoms with Gasteiger partial charge in [-0.25, -0.2) is 4.79 Å². The average molecular weight is 264 g/mol. The van der Waals surface area contributed by atoms with E-state index in [0.717, 1.165) is 37.0 Å². The molecule has 1 N–H and O–H groups in total. The van der Waals surface area contributed by atoms with Crippen molar-refractivity contribution in [2.24, 2.45) is 23.2 Å². The van der Waals surface area contributed by atoms with Gasteiger partial charge in [-0.2, -0.15) is 0 Å². The lowest BCUT2D eigenvalue weighted by atomic mass is 9.48. The second-order valence-electron chi connectivity index (χ2n) is 7.17. The Morgan fingerprint density at radius 3 is 2.16 bits per heavy atom. The zero-order valence-corrected chi connectivity index (χ0v) is 11.7. The number of hydrogen-bond donors (Lipinski definition) is 1. The summed E-state index contributed by atoms with van der Waals surface area (Å²) in [5.41, 5.74) is 0.433. The van der Waals surface area contributed by atoms with Gasteiger partial charge in [0.2, 0.25) is 0 Å².